The molecule has 0 amide bonds. The van der Waals surface area contributed by atoms with E-state index in [0.29, 0.717) is 6.04 Å². The number of likely N-dealkylation sites (tertiary alicyclic amines) is 1. The van der Waals surface area contributed by atoms with E-state index in [-0.39, 0.29) is 0 Å². The van der Waals surface area contributed by atoms with Crippen molar-refractivity contribution in [3.8, 4) is 0 Å². The largest absolute Gasteiger partial charge is 0.373 e. The summed E-state index contributed by atoms with van der Waals surface area (Å²) in [6.07, 6.45) is 2.49. The van der Waals surface area contributed by atoms with Crippen LogP contribution in [0.2, 0.25) is 0 Å². The molecule has 5 heteroatoms. The minimum Gasteiger partial charge on any atom is -0.373 e. The molecular weight excluding hydrogens is 250 g/mol. The first kappa shape index (κ1) is 15.2. The van der Waals surface area contributed by atoms with Gasteiger partial charge in [0.2, 0.25) is 0 Å². The van der Waals surface area contributed by atoms with Crippen LogP contribution in [0.5, 0.6) is 0 Å². The van der Waals surface area contributed by atoms with Crippen LogP contribution >= 0.6 is 0 Å². The van der Waals surface area contributed by atoms with Crippen LogP contribution in [0.1, 0.15) is 31.3 Å². The SMILES string of the molecule is CCN1CCC(N(C)Cc2nc(C)cc(NC)n2)CC1. The predicted octanol–water partition coefficient (Wildman–Crippen LogP) is 1.74. The lowest BCUT2D eigenvalue weighted by molar-refractivity contribution is 0.125. The van der Waals surface area contributed by atoms with Crippen molar-refractivity contribution in [3.05, 3.63) is 17.6 Å². The fourth-order valence-corrected chi connectivity index (χ4v) is 2.86. The van der Waals surface area contributed by atoms with Gasteiger partial charge in [0.15, 0.2) is 0 Å². The third kappa shape index (κ3) is 3.90. The molecule has 1 fully saturated rings. The Kier molecular flexibility index (Phi) is 5.31. The Balaban J connectivity index is 1.94. The fraction of sp³-hybridized carbons (Fsp3) is 0.733. The molecule has 1 N–H and O–H groups in total. The van der Waals surface area contributed by atoms with E-state index in [0.717, 1.165) is 23.9 Å². The summed E-state index contributed by atoms with van der Waals surface area (Å²) in [4.78, 5) is 14.0. The van der Waals surface area contributed by atoms with Gasteiger partial charge in [0.25, 0.3) is 0 Å². The summed E-state index contributed by atoms with van der Waals surface area (Å²) in [6, 6.07) is 2.63. The molecule has 1 saturated heterocycles. The van der Waals surface area contributed by atoms with Crippen LogP contribution in [-0.4, -0.2) is 59.5 Å². The molecule has 0 atom stereocenters. The average Bonchev–Trinajstić information content (AvgIpc) is 2.46. The van der Waals surface area contributed by atoms with Crippen molar-refractivity contribution in [1.82, 2.24) is 19.8 Å². The third-order valence-electron chi connectivity index (χ3n) is 4.18. The Labute approximate surface area is 122 Å². The lowest BCUT2D eigenvalue weighted by Gasteiger charge is -2.36. The van der Waals surface area contributed by atoms with Crippen molar-refractivity contribution in [2.45, 2.75) is 39.3 Å². The molecule has 1 aromatic heterocycles. The number of hydrogen-bond acceptors (Lipinski definition) is 5. The lowest BCUT2D eigenvalue weighted by atomic mass is 10.0. The van der Waals surface area contributed by atoms with Gasteiger partial charge < -0.3 is 10.2 Å². The summed E-state index contributed by atoms with van der Waals surface area (Å²) in [6.45, 7) is 8.68. The van der Waals surface area contributed by atoms with Gasteiger partial charge in [0, 0.05) is 24.8 Å². The maximum atomic E-state index is 4.54. The number of piperidine rings is 1. The molecule has 0 aromatic carbocycles. The molecule has 0 unspecified atom stereocenters. The molecule has 112 valence electrons. The van der Waals surface area contributed by atoms with E-state index < -0.39 is 0 Å². The van der Waals surface area contributed by atoms with Gasteiger partial charge in [-0.25, -0.2) is 9.97 Å². The molecule has 1 aliphatic rings. The highest BCUT2D eigenvalue weighted by molar-refractivity contribution is 5.34. The molecule has 20 heavy (non-hydrogen) atoms. The second-order valence-electron chi connectivity index (χ2n) is 5.64. The van der Waals surface area contributed by atoms with E-state index in [1.807, 2.05) is 20.0 Å². The quantitative estimate of drug-likeness (QED) is 0.888. The zero-order valence-electron chi connectivity index (χ0n) is 13.2. The van der Waals surface area contributed by atoms with Crippen LogP contribution in [0.25, 0.3) is 0 Å². The molecule has 0 bridgehead atoms. The third-order valence-corrected chi connectivity index (χ3v) is 4.18. The van der Waals surface area contributed by atoms with Crippen LogP contribution in [-0.2, 0) is 6.54 Å². The van der Waals surface area contributed by atoms with E-state index >= 15 is 0 Å². The second kappa shape index (κ2) is 6.99. The second-order valence-corrected chi connectivity index (χ2v) is 5.64. The lowest BCUT2D eigenvalue weighted by Crippen LogP contribution is -2.43. The van der Waals surface area contributed by atoms with Crippen LogP contribution < -0.4 is 5.32 Å². The zero-order valence-corrected chi connectivity index (χ0v) is 13.2. The van der Waals surface area contributed by atoms with Crippen molar-refractivity contribution in [2.24, 2.45) is 0 Å². The topological polar surface area (TPSA) is 44.3 Å². The van der Waals surface area contributed by atoms with Crippen LogP contribution in [0.3, 0.4) is 0 Å². The predicted molar refractivity (Wildman–Crippen MR) is 82.9 cm³/mol. The number of aryl methyl sites for hydroxylation is 1. The Bertz CT molecular complexity index is 426. The van der Waals surface area contributed by atoms with Gasteiger partial charge in [-0.2, -0.15) is 0 Å². The minimum absolute atomic E-state index is 0.653. The van der Waals surface area contributed by atoms with Crippen LogP contribution in [0, 0.1) is 6.92 Å². The maximum Gasteiger partial charge on any atom is 0.144 e. The fourth-order valence-electron chi connectivity index (χ4n) is 2.86. The van der Waals surface area contributed by atoms with Gasteiger partial charge in [-0.1, -0.05) is 6.92 Å². The van der Waals surface area contributed by atoms with E-state index in [1.165, 1.54) is 32.5 Å². The molecule has 0 aliphatic carbocycles. The molecule has 0 radical (unpaired) electrons. The first-order valence-corrected chi connectivity index (χ1v) is 7.57. The first-order chi connectivity index (χ1) is 9.62. The number of hydrogen-bond donors (Lipinski definition) is 1. The Morgan fingerprint density at radius 1 is 1.35 bits per heavy atom. The maximum absolute atomic E-state index is 4.54. The van der Waals surface area contributed by atoms with Gasteiger partial charge in [-0.15, -0.1) is 0 Å². The van der Waals surface area contributed by atoms with E-state index in [9.17, 15) is 0 Å². The zero-order chi connectivity index (χ0) is 14.5. The highest BCUT2D eigenvalue weighted by atomic mass is 15.2. The molecule has 2 heterocycles. The molecule has 2 rings (SSSR count). The van der Waals surface area contributed by atoms with Gasteiger partial charge in [0.1, 0.15) is 11.6 Å². The number of aromatic nitrogens is 2. The molecule has 1 aliphatic heterocycles. The van der Waals surface area contributed by atoms with Crippen LogP contribution in [0.4, 0.5) is 5.82 Å². The average molecular weight is 277 g/mol. The molecule has 1 aromatic rings. The number of nitrogens with one attached hydrogen (secondary N) is 1. The number of nitrogens with zero attached hydrogens (tertiary/aromatic N) is 4. The molecule has 0 spiro atoms. The Morgan fingerprint density at radius 3 is 2.65 bits per heavy atom. The van der Waals surface area contributed by atoms with Crippen molar-refractivity contribution in [3.63, 3.8) is 0 Å². The normalized spacial score (nSPS) is 17.6. The van der Waals surface area contributed by atoms with E-state index in [2.05, 4.69) is 39.1 Å². The van der Waals surface area contributed by atoms with Crippen molar-refractivity contribution in [2.75, 3.05) is 39.0 Å². The summed E-state index contributed by atoms with van der Waals surface area (Å²) in [5.74, 6) is 1.82. The van der Waals surface area contributed by atoms with Gasteiger partial charge in [-0.3, -0.25) is 4.90 Å². The summed E-state index contributed by atoms with van der Waals surface area (Å²) in [7, 11) is 4.09. The highest BCUT2D eigenvalue weighted by Gasteiger charge is 2.22. The summed E-state index contributed by atoms with van der Waals surface area (Å²) < 4.78 is 0. The summed E-state index contributed by atoms with van der Waals surface area (Å²) in [5.41, 5.74) is 1.02. The van der Waals surface area contributed by atoms with Crippen molar-refractivity contribution >= 4 is 5.82 Å². The summed E-state index contributed by atoms with van der Waals surface area (Å²) in [5, 5.41) is 3.10. The molecule has 5 nitrogen and oxygen atoms in total. The first-order valence-electron chi connectivity index (χ1n) is 7.57. The summed E-state index contributed by atoms with van der Waals surface area (Å²) >= 11 is 0. The standard InChI is InChI=1S/C15H27N5/c1-5-20-8-6-13(7-9-20)19(4)11-15-17-12(2)10-14(16-3)18-15/h10,13H,5-9,11H2,1-4H3,(H,16,17,18). The van der Waals surface area contributed by atoms with Gasteiger partial charge in [-0.05, 0) is 46.4 Å². The van der Waals surface area contributed by atoms with Gasteiger partial charge in [0.05, 0.1) is 6.54 Å². The van der Waals surface area contributed by atoms with E-state index in [1.54, 1.807) is 0 Å². The highest BCUT2D eigenvalue weighted by Crippen LogP contribution is 2.17. The number of rotatable bonds is 5. The Morgan fingerprint density at radius 2 is 2.05 bits per heavy atom. The smallest absolute Gasteiger partial charge is 0.144 e. The van der Waals surface area contributed by atoms with Crippen molar-refractivity contribution < 1.29 is 0 Å². The van der Waals surface area contributed by atoms with Crippen molar-refractivity contribution in [1.29, 1.82) is 0 Å². The molecule has 0 saturated carbocycles. The Hall–Kier alpha value is -1.20. The monoisotopic (exact) mass is 277 g/mol. The van der Waals surface area contributed by atoms with E-state index in [4.69, 9.17) is 0 Å². The minimum atomic E-state index is 0.653. The van der Waals surface area contributed by atoms with Crippen LogP contribution in [0.15, 0.2) is 6.07 Å². The van der Waals surface area contributed by atoms with Gasteiger partial charge >= 0.3 is 0 Å². The number of anilines is 1. The molecular formula is C15H27N5.